The smallest absolute Gasteiger partial charge is 0.282 e. The fourth-order valence-electron chi connectivity index (χ4n) is 4.59. The Morgan fingerprint density at radius 2 is 2.07 bits per heavy atom. The number of carbonyl (C=O) groups excluding carboxylic acids is 1. The molecule has 3 saturated heterocycles. The standard InChI is InChI=1S/C20H30F2N4O4/c1-24-12-15(18(23-24)19(21)22)20(27)26-5-4-17-16(26)3-2-14(30-17)13-29-11-8-25-6-9-28-10-7-25/h12,14,16-17,19H,2-11,13H2,1H3/t14-,16-,17-/m1/s1. The molecule has 0 aliphatic carbocycles. The third kappa shape index (κ3) is 4.82. The van der Waals surface area contributed by atoms with Crippen LogP contribution in [0.25, 0.3) is 0 Å². The van der Waals surface area contributed by atoms with E-state index in [-0.39, 0.29) is 29.7 Å². The molecule has 1 aromatic heterocycles. The lowest BCUT2D eigenvalue weighted by atomic mass is 9.99. The maximum atomic E-state index is 13.2. The number of aromatic nitrogens is 2. The van der Waals surface area contributed by atoms with Gasteiger partial charge in [0.05, 0.1) is 50.2 Å². The molecule has 0 bridgehead atoms. The molecule has 3 aliphatic rings. The third-order valence-electron chi connectivity index (χ3n) is 6.15. The van der Waals surface area contributed by atoms with E-state index >= 15 is 0 Å². The van der Waals surface area contributed by atoms with Crippen LogP contribution >= 0.6 is 0 Å². The lowest BCUT2D eigenvalue weighted by molar-refractivity contribution is -0.0984. The van der Waals surface area contributed by atoms with Crippen molar-refractivity contribution >= 4 is 5.91 Å². The average molecular weight is 428 g/mol. The summed E-state index contributed by atoms with van der Waals surface area (Å²) in [5, 5.41) is 3.76. The van der Waals surface area contributed by atoms with Crippen LogP contribution in [-0.4, -0.2) is 96.3 Å². The van der Waals surface area contributed by atoms with Crippen molar-refractivity contribution in [3.63, 3.8) is 0 Å². The second-order valence-electron chi connectivity index (χ2n) is 8.16. The molecule has 1 aromatic rings. The van der Waals surface area contributed by atoms with Gasteiger partial charge in [-0.3, -0.25) is 14.4 Å². The van der Waals surface area contributed by atoms with Crippen molar-refractivity contribution in [3.8, 4) is 0 Å². The number of morpholine rings is 1. The number of carbonyl (C=O) groups is 1. The quantitative estimate of drug-likeness (QED) is 0.613. The topological polar surface area (TPSA) is 69.1 Å². The van der Waals surface area contributed by atoms with Crippen LogP contribution in [0.4, 0.5) is 8.78 Å². The summed E-state index contributed by atoms with van der Waals surface area (Å²) in [6.07, 6.45) is 0.847. The summed E-state index contributed by atoms with van der Waals surface area (Å²) in [6, 6.07) is -0.0761. The van der Waals surface area contributed by atoms with E-state index in [2.05, 4.69) is 10.00 Å². The zero-order chi connectivity index (χ0) is 21.1. The van der Waals surface area contributed by atoms with E-state index in [0.717, 1.165) is 45.7 Å². The predicted molar refractivity (Wildman–Crippen MR) is 104 cm³/mol. The minimum absolute atomic E-state index is 0.0123. The number of amides is 1. The van der Waals surface area contributed by atoms with Gasteiger partial charge in [0.2, 0.25) is 0 Å². The van der Waals surface area contributed by atoms with E-state index in [0.29, 0.717) is 26.2 Å². The highest BCUT2D eigenvalue weighted by Crippen LogP contribution is 2.33. The van der Waals surface area contributed by atoms with Crippen LogP contribution in [0.1, 0.15) is 41.7 Å². The van der Waals surface area contributed by atoms with Gasteiger partial charge in [-0.25, -0.2) is 8.78 Å². The van der Waals surface area contributed by atoms with Gasteiger partial charge in [-0.05, 0) is 19.3 Å². The minimum Gasteiger partial charge on any atom is -0.379 e. The molecule has 0 radical (unpaired) electrons. The van der Waals surface area contributed by atoms with Gasteiger partial charge in [0.15, 0.2) is 0 Å². The highest BCUT2D eigenvalue weighted by Gasteiger charge is 2.43. The number of fused-ring (bicyclic) bond motifs is 1. The van der Waals surface area contributed by atoms with Crippen LogP contribution < -0.4 is 0 Å². The van der Waals surface area contributed by atoms with Crippen molar-refractivity contribution < 1.29 is 27.8 Å². The fourth-order valence-corrected chi connectivity index (χ4v) is 4.59. The Hall–Kier alpha value is -1.62. The molecule has 30 heavy (non-hydrogen) atoms. The Kier molecular flexibility index (Phi) is 6.97. The van der Waals surface area contributed by atoms with Crippen molar-refractivity contribution in [3.05, 3.63) is 17.5 Å². The molecule has 3 aliphatic heterocycles. The Labute approximate surface area is 175 Å². The second-order valence-corrected chi connectivity index (χ2v) is 8.16. The van der Waals surface area contributed by atoms with Crippen molar-refractivity contribution in [2.24, 2.45) is 7.05 Å². The Bertz CT molecular complexity index is 726. The van der Waals surface area contributed by atoms with E-state index in [1.165, 1.54) is 10.9 Å². The Balaban J connectivity index is 1.25. The molecule has 3 fully saturated rings. The zero-order valence-electron chi connectivity index (χ0n) is 17.3. The van der Waals surface area contributed by atoms with E-state index < -0.39 is 12.1 Å². The fraction of sp³-hybridized carbons (Fsp3) is 0.800. The van der Waals surface area contributed by atoms with Crippen LogP contribution in [0.3, 0.4) is 0 Å². The first-order valence-electron chi connectivity index (χ1n) is 10.7. The van der Waals surface area contributed by atoms with Crippen molar-refractivity contribution in [1.29, 1.82) is 0 Å². The number of likely N-dealkylation sites (tertiary alicyclic amines) is 1. The van der Waals surface area contributed by atoms with E-state index in [9.17, 15) is 13.6 Å². The molecule has 0 unspecified atom stereocenters. The summed E-state index contributed by atoms with van der Waals surface area (Å²) in [5.41, 5.74) is -0.462. The van der Waals surface area contributed by atoms with Gasteiger partial charge in [-0.15, -0.1) is 0 Å². The molecule has 0 aromatic carbocycles. The van der Waals surface area contributed by atoms with E-state index in [1.807, 2.05) is 0 Å². The second kappa shape index (κ2) is 9.67. The number of alkyl halides is 2. The highest BCUT2D eigenvalue weighted by molar-refractivity contribution is 5.95. The molecule has 10 heteroatoms. The Morgan fingerprint density at radius 3 is 2.83 bits per heavy atom. The maximum absolute atomic E-state index is 13.2. The summed E-state index contributed by atoms with van der Waals surface area (Å²) < 4.78 is 45.1. The van der Waals surface area contributed by atoms with Crippen LogP contribution in [0.5, 0.6) is 0 Å². The first-order chi connectivity index (χ1) is 14.5. The summed E-state index contributed by atoms with van der Waals surface area (Å²) in [6.45, 7) is 6.06. The molecule has 168 valence electrons. The lowest BCUT2D eigenvalue weighted by Gasteiger charge is -2.36. The number of ether oxygens (including phenoxy) is 3. The van der Waals surface area contributed by atoms with Gasteiger partial charge in [0, 0.05) is 39.4 Å². The van der Waals surface area contributed by atoms with Crippen LogP contribution in [0.15, 0.2) is 6.20 Å². The average Bonchev–Trinajstić information content (AvgIpc) is 3.35. The number of hydrogen-bond donors (Lipinski definition) is 0. The van der Waals surface area contributed by atoms with Gasteiger partial charge < -0.3 is 19.1 Å². The summed E-state index contributed by atoms with van der Waals surface area (Å²) in [4.78, 5) is 16.9. The largest absolute Gasteiger partial charge is 0.379 e. The Morgan fingerprint density at radius 1 is 1.27 bits per heavy atom. The SMILES string of the molecule is Cn1cc(C(=O)N2CC[C@H]3O[C@@H](COCCN4CCOCC4)CC[C@H]32)c(C(F)F)n1. The van der Waals surface area contributed by atoms with Crippen molar-refractivity contribution in [2.45, 2.75) is 43.9 Å². The molecular formula is C20H30F2N4O4. The van der Waals surface area contributed by atoms with Crippen LogP contribution in [0.2, 0.25) is 0 Å². The van der Waals surface area contributed by atoms with Crippen molar-refractivity contribution in [1.82, 2.24) is 19.6 Å². The molecule has 4 rings (SSSR count). The number of rotatable bonds is 7. The number of halogens is 2. The first-order valence-corrected chi connectivity index (χ1v) is 10.7. The highest BCUT2D eigenvalue weighted by atomic mass is 19.3. The van der Waals surface area contributed by atoms with Gasteiger partial charge >= 0.3 is 0 Å². The van der Waals surface area contributed by atoms with Gasteiger partial charge in [0.1, 0.15) is 5.69 Å². The van der Waals surface area contributed by atoms with Crippen LogP contribution in [-0.2, 0) is 21.3 Å². The monoisotopic (exact) mass is 428 g/mol. The van der Waals surface area contributed by atoms with Gasteiger partial charge in [0.25, 0.3) is 12.3 Å². The molecule has 3 atom stereocenters. The molecular weight excluding hydrogens is 398 g/mol. The lowest BCUT2D eigenvalue weighted by Crippen LogP contribution is -2.46. The van der Waals surface area contributed by atoms with Crippen molar-refractivity contribution in [2.75, 3.05) is 52.6 Å². The first kappa shape index (κ1) is 21.6. The number of hydrogen-bond acceptors (Lipinski definition) is 6. The normalized spacial score (nSPS) is 27.6. The number of nitrogens with zero attached hydrogens (tertiary/aromatic N) is 4. The minimum atomic E-state index is -2.77. The molecule has 0 N–H and O–H groups in total. The summed E-state index contributed by atoms with van der Waals surface area (Å²) in [7, 11) is 1.54. The predicted octanol–water partition coefficient (Wildman–Crippen LogP) is 1.47. The molecule has 0 saturated carbocycles. The third-order valence-corrected chi connectivity index (χ3v) is 6.15. The molecule has 1 amide bonds. The van der Waals surface area contributed by atoms with Gasteiger partial charge in [-0.2, -0.15) is 5.10 Å². The number of aryl methyl sites for hydroxylation is 1. The molecule has 8 nitrogen and oxygen atoms in total. The van der Waals surface area contributed by atoms with E-state index in [1.54, 1.807) is 11.9 Å². The zero-order valence-corrected chi connectivity index (χ0v) is 17.3. The summed E-state index contributed by atoms with van der Waals surface area (Å²) >= 11 is 0. The maximum Gasteiger partial charge on any atom is 0.282 e. The summed E-state index contributed by atoms with van der Waals surface area (Å²) in [5.74, 6) is -0.380. The van der Waals surface area contributed by atoms with E-state index in [4.69, 9.17) is 14.2 Å². The van der Waals surface area contributed by atoms with Gasteiger partial charge in [-0.1, -0.05) is 0 Å². The molecule has 4 heterocycles. The molecule has 0 spiro atoms. The van der Waals surface area contributed by atoms with Crippen LogP contribution in [0, 0.1) is 0 Å².